The zero-order valence-corrected chi connectivity index (χ0v) is 11.9. The van der Waals surface area contributed by atoms with Crippen LogP contribution in [0.25, 0.3) is 0 Å². The number of thioether (sulfide) groups is 1. The van der Waals surface area contributed by atoms with Crippen LogP contribution in [0.15, 0.2) is 23.1 Å². The molecule has 0 saturated carbocycles. The van der Waals surface area contributed by atoms with Crippen molar-refractivity contribution in [2.24, 2.45) is 0 Å². The van der Waals surface area contributed by atoms with Gasteiger partial charge in [0.25, 0.3) is 0 Å². The first-order valence-electron chi connectivity index (χ1n) is 6.72. The lowest BCUT2D eigenvalue weighted by atomic mass is 10.1. The van der Waals surface area contributed by atoms with E-state index in [1.165, 1.54) is 24.2 Å². The molecule has 0 aliphatic heterocycles. The van der Waals surface area contributed by atoms with E-state index in [9.17, 15) is 0 Å². The van der Waals surface area contributed by atoms with Gasteiger partial charge in [-0.15, -0.1) is 11.8 Å². The number of aryl methyl sites for hydroxylation is 2. The van der Waals surface area contributed by atoms with Crippen molar-refractivity contribution in [2.45, 2.75) is 56.2 Å². The van der Waals surface area contributed by atoms with E-state index < -0.39 is 0 Å². The van der Waals surface area contributed by atoms with E-state index in [2.05, 4.69) is 44.3 Å². The predicted molar refractivity (Wildman–Crippen MR) is 76.9 cm³/mol. The van der Waals surface area contributed by atoms with E-state index in [-0.39, 0.29) is 0 Å². The molecule has 17 heavy (non-hydrogen) atoms. The van der Waals surface area contributed by atoms with Gasteiger partial charge in [-0.25, -0.2) is 0 Å². The largest absolute Gasteiger partial charge is 0.313 e. The van der Waals surface area contributed by atoms with Crippen molar-refractivity contribution >= 4 is 11.8 Å². The molecular weight excluding hydrogens is 226 g/mol. The van der Waals surface area contributed by atoms with Gasteiger partial charge in [-0.05, 0) is 56.0 Å². The van der Waals surface area contributed by atoms with Crippen molar-refractivity contribution in [3.05, 3.63) is 29.3 Å². The molecule has 0 spiro atoms. The van der Waals surface area contributed by atoms with Crippen molar-refractivity contribution in [2.75, 3.05) is 6.54 Å². The Bertz CT molecular complexity index is 375. The first-order valence-corrected chi connectivity index (χ1v) is 7.60. The normalized spacial score (nSPS) is 17.8. The molecule has 1 aliphatic carbocycles. The lowest BCUT2D eigenvalue weighted by molar-refractivity contribution is 0.563. The van der Waals surface area contributed by atoms with E-state index in [1.807, 2.05) is 11.8 Å². The first kappa shape index (κ1) is 13.0. The average molecular weight is 249 g/mol. The second-order valence-electron chi connectivity index (χ2n) is 4.95. The third-order valence-electron chi connectivity index (χ3n) is 3.62. The van der Waals surface area contributed by atoms with E-state index in [0.717, 1.165) is 6.54 Å². The minimum atomic E-state index is 0.568. The molecule has 0 bridgehead atoms. The first-order chi connectivity index (χ1) is 8.20. The summed E-state index contributed by atoms with van der Waals surface area (Å²) in [5, 5.41) is 4.12. The third-order valence-corrected chi connectivity index (χ3v) is 4.93. The zero-order valence-electron chi connectivity index (χ0n) is 11.1. The summed E-state index contributed by atoms with van der Waals surface area (Å²) in [4.78, 5) is 1.43. The summed E-state index contributed by atoms with van der Waals surface area (Å²) < 4.78 is 0. The highest BCUT2D eigenvalue weighted by molar-refractivity contribution is 8.00. The number of hydrogen-bond donors (Lipinski definition) is 1. The Morgan fingerprint density at radius 2 is 2.00 bits per heavy atom. The van der Waals surface area contributed by atoms with Crippen LogP contribution in [0.2, 0.25) is 0 Å². The molecule has 2 heteroatoms. The molecular formula is C15H23NS. The van der Waals surface area contributed by atoms with E-state index in [4.69, 9.17) is 0 Å². The van der Waals surface area contributed by atoms with E-state index in [0.29, 0.717) is 11.3 Å². The lowest BCUT2D eigenvalue weighted by Crippen LogP contribution is -2.33. The summed E-state index contributed by atoms with van der Waals surface area (Å²) in [5.41, 5.74) is 3.15. The van der Waals surface area contributed by atoms with Crippen LogP contribution in [0.4, 0.5) is 0 Å². The van der Waals surface area contributed by atoms with Crippen molar-refractivity contribution in [1.82, 2.24) is 5.32 Å². The molecule has 94 valence electrons. The van der Waals surface area contributed by atoms with Crippen LogP contribution in [0.1, 0.15) is 38.3 Å². The summed E-state index contributed by atoms with van der Waals surface area (Å²) in [6, 6.07) is 7.60. The van der Waals surface area contributed by atoms with Crippen molar-refractivity contribution < 1.29 is 0 Å². The number of nitrogens with one attached hydrogen (secondary N) is 1. The average Bonchev–Trinajstić information content (AvgIpc) is 2.76. The predicted octanol–water partition coefficient (Wildman–Crippen LogP) is 3.65. The van der Waals surface area contributed by atoms with Crippen LogP contribution >= 0.6 is 11.8 Å². The maximum atomic E-state index is 3.50. The van der Waals surface area contributed by atoms with Crippen LogP contribution in [0.5, 0.6) is 0 Å². The smallest absolute Gasteiger partial charge is 0.0217 e. The number of fused-ring (bicyclic) bond motifs is 1. The van der Waals surface area contributed by atoms with Crippen LogP contribution < -0.4 is 5.32 Å². The monoisotopic (exact) mass is 249 g/mol. The van der Waals surface area contributed by atoms with Gasteiger partial charge in [0, 0.05) is 16.2 Å². The van der Waals surface area contributed by atoms with Gasteiger partial charge in [0.1, 0.15) is 0 Å². The molecule has 0 aromatic heterocycles. The van der Waals surface area contributed by atoms with E-state index >= 15 is 0 Å². The second kappa shape index (κ2) is 5.92. The molecule has 1 aliphatic rings. The summed E-state index contributed by atoms with van der Waals surface area (Å²) in [6.07, 6.45) is 3.90. The van der Waals surface area contributed by atoms with Crippen LogP contribution in [0, 0.1) is 0 Å². The Labute approximate surface area is 109 Å². The Hall–Kier alpha value is -0.470. The van der Waals surface area contributed by atoms with Crippen molar-refractivity contribution in [1.29, 1.82) is 0 Å². The lowest BCUT2D eigenvalue weighted by Gasteiger charge is -2.20. The van der Waals surface area contributed by atoms with Gasteiger partial charge in [0.05, 0.1) is 0 Å². The minimum Gasteiger partial charge on any atom is -0.313 e. The Balaban J connectivity index is 1.99. The van der Waals surface area contributed by atoms with Crippen molar-refractivity contribution in [3.63, 3.8) is 0 Å². The molecule has 0 amide bonds. The van der Waals surface area contributed by atoms with Gasteiger partial charge in [-0.3, -0.25) is 0 Å². The third kappa shape index (κ3) is 3.26. The Morgan fingerprint density at radius 3 is 2.76 bits per heavy atom. The van der Waals surface area contributed by atoms with Gasteiger partial charge in [0.15, 0.2) is 0 Å². The summed E-state index contributed by atoms with van der Waals surface area (Å²) in [6.45, 7) is 7.80. The van der Waals surface area contributed by atoms with Crippen molar-refractivity contribution in [3.8, 4) is 0 Å². The van der Waals surface area contributed by atoms with Gasteiger partial charge < -0.3 is 5.32 Å². The van der Waals surface area contributed by atoms with Crippen LogP contribution in [0.3, 0.4) is 0 Å². The fourth-order valence-electron chi connectivity index (χ4n) is 2.43. The molecule has 1 N–H and O–H groups in total. The summed E-state index contributed by atoms with van der Waals surface area (Å²) in [5.74, 6) is 0. The molecule has 0 fully saturated rings. The maximum Gasteiger partial charge on any atom is 0.0217 e. The highest BCUT2D eigenvalue weighted by Crippen LogP contribution is 2.30. The number of rotatable bonds is 5. The molecule has 2 atom stereocenters. The molecule has 1 aromatic carbocycles. The summed E-state index contributed by atoms with van der Waals surface area (Å²) >= 11 is 2.00. The Kier molecular flexibility index (Phi) is 4.52. The van der Waals surface area contributed by atoms with Gasteiger partial charge in [0.2, 0.25) is 0 Å². The molecule has 2 unspecified atom stereocenters. The molecule has 2 rings (SSSR count). The summed E-state index contributed by atoms with van der Waals surface area (Å²) in [7, 11) is 0. The highest BCUT2D eigenvalue weighted by Gasteiger charge is 2.15. The van der Waals surface area contributed by atoms with Gasteiger partial charge >= 0.3 is 0 Å². The van der Waals surface area contributed by atoms with E-state index in [1.54, 1.807) is 11.1 Å². The maximum absolute atomic E-state index is 3.50. The molecule has 0 saturated heterocycles. The standard InChI is InChI=1S/C15H23NS/c1-4-16-11(2)12(3)17-15-9-8-13-6-5-7-14(13)10-15/h8-12,16H,4-7H2,1-3H3. The molecule has 1 nitrogen and oxygen atoms in total. The SMILES string of the molecule is CCNC(C)C(C)Sc1ccc2c(c1)CCC2. The van der Waals surface area contributed by atoms with Crippen LogP contribution in [-0.2, 0) is 12.8 Å². The highest BCUT2D eigenvalue weighted by atomic mass is 32.2. The van der Waals surface area contributed by atoms with Gasteiger partial charge in [-0.1, -0.05) is 19.9 Å². The molecule has 1 aromatic rings. The Morgan fingerprint density at radius 1 is 1.24 bits per heavy atom. The number of hydrogen-bond acceptors (Lipinski definition) is 2. The molecule has 0 radical (unpaired) electrons. The van der Waals surface area contributed by atoms with Gasteiger partial charge in [-0.2, -0.15) is 0 Å². The fourth-order valence-corrected chi connectivity index (χ4v) is 3.51. The minimum absolute atomic E-state index is 0.568. The second-order valence-corrected chi connectivity index (χ2v) is 6.40. The quantitative estimate of drug-likeness (QED) is 0.799. The van der Waals surface area contributed by atoms with Crippen LogP contribution in [-0.4, -0.2) is 17.8 Å². The molecule has 0 heterocycles. The topological polar surface area (TPSA) is 12.0 Å². The fraction of sp³-hybridized carbons (Fsp3) is 0.600. The number of benzene rings is 1. The zero-order chi connectivity index (χ0) is 12.3.